The van der Waals surface area contributed by atoms with Gasteiger partial charge in [-0.3, -0.25) is 0 Å². The molecule has 0 aromatic heterocycles. The molecule has 2 aromatic rings. The molecule has 0 saturated heterocycles. The van der Waals surface area contributed by atoms with Crippen LogP contribution in [0, 0.1) is 5.82 Å². The van der Waals surface area contributed by atoms with Crippen molar-refractivity contribution in [2.75, 3.05) is 11.9 Å². The van der Waals surface area contributed by atoms with E-state index in [1.165, 1.54) is 11.1 Å². The average molecular weight is 295 g/mol. The summed E-state index contributed by atoms with van der Waals surface area (Å²) in [4.78, 5) is 0. The molecular weight excluding hydrogens is 282 g/mol. The summed E-state index contributed by atoms with van der Waals surface area (Å²) in [6.45, 7) is 0.513. The van der Waals surface area contributed by atoms with Crippen molar-refractivity contribution in [3.63, 3.8) is 0 Å². The Balaban J connectivity index is 1.67. The van der Waals surface area contributed by atoms with E-state index in [1.807, 2.05) is 24.3 Å². The van der Waals surface area contributed by atoms with E-state index in [9.17, 15) is 17.6 Å². The quantitative estimate of drug-likeness (QED) is 0.816. The highest BCUT2D eigenvalue weighted by Gasteiger charge is 2.31. The molecule has 0 heterocycles. The van der Waals surface area contributed by atoms with Gasteiger partial charge < -0.3 is 5.32 Å². The Kier molecular flexibility index (Phi) is 3.35. The number of anilines is 1. The third-order valence-electron chi connectivity index (χ3n) is 3.80. The summed E-state index contributed by atoms with van der Waals surface area (Å²) in [5, 5.41) is 2.89. The number of nitrogens with one attached hydrogen (secondary N) is 1. The summed E-state index contributed by atoms with van der Waals surface area (Å²) in [5.74, 6) is -0.597. The van der Waals surface area contributed by atoms with Gasteiger partial charge in [0.15, 0.2) is 0 Å². The summed E-state index contributed by atoms with van der Waals surface area (Å²) in [6.07, 6.45) is -3.61. The minimum atomic E-state index is -4.52. The molecule has 3 rings (SSSR count). The lowest BCUT2D eigenvalue weighted by molar-refractivity contribution is -0.137. The van der Waals surface area contributed by atoms with Crippen LogP contribution in [0.3, 0.4) is 0 Å². The highest BCUT2D eigenvalue weighted by Crippen LogP contribution is 2.35. The number of benzene rings is 2. The molecule has 0 radical (unpaired) electrons. The van der Waals surface area contributed by atoms with Crippen molar-refractivity contribution in [3.8, 4) is 0 Å². The van der Waals surface area contributed by atoms with Crippen LogP contribution in [-0.2, 0) is 12.6 Å². The number of fused-ring (bicyclic) bond motifs is 1. The van der Waals surface area contributed by atoms with Gasteiger partial charge in [-0.2, -0.15) is 13.2 Å². The van der Waals surface area contributed by atoms with Crippen molar-refractivity contribution in [2.24, 2.45) is 0 Å². The summed E-state index contributed by atoms with van der Waals surface area (Å²) in [7, 11) is 0. The van der Waals surface area contributed by atoms with Crippen LogP contribution in [0.25, 0.3) is 0 Å². The average Bonchev–Trinajstić information content (AvgIpc) is 2.40. The van der Waals surface area contributed by atoms with Gasteiger partial charge in [0.05, 0.1) is 11.3 Å². The predicted octanol–water partition coefficient (Wildman–Crippen LogP) is 4.60. The maximum absolute atomic E-state index is 13.7. The topological polar surface area (TPSA) is 12.0 Å². The number of rotatable bonds is 3. The lowest BCUT2D eigenvalue weighted by atomic mass is 9.77. The fourth-order valence-electron chi connectivity index (χ4n) is 2.61. The van der Waals surface area contributed by atoms with E-state index in [1.54, 1.807) is 0 Å². The van der Waals surface area contributed by atoms with Gasteiger partial charge in [-0.15, -0.1) is 0 Å². The van der Waals surface area contributed by atoms with Gasteiger partial charge in [0, 0.05) is 12.5 Å². The first-order valence-electron chi connectivity index (χ1n) is 6.63. The molecular formula is C16H13F4N. The number of hydrogen-bond donors (Lipinski definition) is 1. The summed E-state index contributed by atoms with van der Waals surface area (Å²) in [6, 6.07) is 10.5. The highest BCUT2D eigenvalue weighted by atomic mass is 19.4. The largest absolute Gasteiger partial charge is 0.416 e. The van der Waals surface area contributed by atoms with Crippen molar-refractivity contribution < 1.29 is 17.6 Å². The molecule has 0 aliphatic heterocycles. The van der Waals surface area contributed by atoms with Gasteiger partial charge in [-0.1, -0.05) is 24.3 Å². The molecule has 1 N–H and O–H groups in total. The van der Waals surface area contributed by atoms with Gasteiger partial charge in [-0.05, 0) is 35.7 Å². The first-order valence-corrected chi connectivity index (χ1v) is 6.63. The van der Waals surface area contributed by atoms with Crippen LogP contribution >= 0.6 is 0 Å². The zero-order chi connectivity index (χ0) is 15.0. The first kappa shape index (κ1) is 13.9. The summed E-state index contributed by atoms with van der Waals surface area (Å²) < 4.78 is 51.1. The second kappa shape index (κ2) is 5.06. The second-order valence-electron chi connectivity index (χ2n) is 5.17. The summed E-state index contributed by atoms with van der Waals surface area (Å²) >= 11 is 0. The van der Waals surface area contributed by atoms with Crippen LogP contribution in [0.1, 0.15) is 22.6 Å². The van der Waals surface area contributed by atoms with Crippen molar-refractivity contribution in [3.05, 3.63) is 65.0 Å². The Morgan fingerprint density at radius 2 is 1.86 bits per heavy atom. The van der Waals surface area contributed by atoms with Crippen molar-refractivity contribution in [1.82, 2.24) is 0 Å². The molecule has 0 bridgehead atoms. The van der Waals surface area contributed by atoms with E-state index >= 15 is 0 Å². The number of hydrogen-bond acceptors (Lipinski definition) is 1. The Morgan fingerprint density at radius 3 is 2.52 bits per heavy atom. The van der Waals surface area contributed by atoms with Crippen LogP contribution in [0.4, 0.5) is 23.2 Å². The second-order valence-corrected chi connectivity index (χ2v) is 5.17. The molecule has 5 heteroatoms. The SMILES string of the molecule is Fc1cc(C(F)(F)F)ccc1NCC1Cc2ccccc21. The van der Waals surface area contributed by atoms with Gasteiger partial charge in [0.1, 0.15) is 5.82 Å². The first-order chi connectivity index (χ1) is 9.95. The molecule has 1 atom stereocenters. The molecule has 0 spiro atoms. The van der Waals surface area contributed by atoms with Crippen LogP contribution in [0.15, 0.2) is 42.5 Å². The van der Waals surface area contributed by atoms with E-state index < -0.39 is 17.6 Å². The highest BCUT2D eigenvalue weighted by molar-refractivity contribution is 5.49. The maximum Gasteiger partial charge on any atom is 0.416 e. The van der Waals surface area contributed by atoms with Crippen LogP contribution < -0.4 is 5.32 Å². The Hall–Kier alpha value is -2.04. The van der Waals surface area contributed by atoms with E-state index in [4.69, 9.17) is 0 Å². The molecule has 110 valence electrons. The van der Waals surface area contributed by atoms with Crippen LogP contribution in [0.2, 0.25) is 0 Å². The molecule has 1 unspecified atom stereocenters. The number of halogens is 4. The molecule has 0 fully saturated rings. The predicted molar refractivity (Wildman–Crippen MR) is 72.8 cm³/mol. The molecule has 0 saturated carbocycles. The molecule has 1 aliphatic carbocycles. The lowest BCUT2D eigenvalue weighted by Crippen LogP contribution is -2.24. The van der Waals surface area contributed by atoms with Gasteiger partial charge in [-0.25, -0.2) is 4.39 Å². The van der Waals surface area contributed by atoms with Crippen LogP contribution in [0.5, 0.6) is 0 Å². The third-order valence-corrected chi connectivity index (χ3v) is 3.80. The van der Waals surface area contributed by atoms with Gasteiger partial charge in [0.2, 0.25) is 0 Å². The van der Waals surface area contributed by atoms with E-state index in [0.29, 0.717) is 12.6 Å². The van der Waals surface area contributed by atoms with E-state index in [2.05, 4.69) is 5.32 Å². The zero-order valence-corrected chi connectivity index (χ0v) is 11.0. The normalized spacial score (nSPS) is 17.0. The fourth-order valence-corrected chi connectivity index (χ4v) is 2.61. The Labute approximate surface area is 119 Å². The lowest BCUT2D eigenvalue weighted by Gasteiger charge is -2.30. The maximum atomic E-state index is 13.7. The van der Waals surface area contributed by atoms with Gasteiger partial charge in [0.25, 0.3) is 0 Å². The van der Waals surface area contributed by atoms with E-state index in [-0.39, 0.29) is 11.6 Å². The molecule has 0 amide bonds. The molecule has 1 nitrogen and oxygen atoms in total. The monoisotopic (exact) mass is 295 g/mol. The zero-order valence-electron chi connectivity index (χ0n) is 11.0. The van der Waals surface area contributed by atoms with Gasteiger partial charge >= 0.3 is 6.18 Å². The minimum absolute atomic E-state index is 0.104. The van der Waals surface area contributed by atoms with Crippen molar-refractivity contribution in [1.29, 1.82) is 0 Å². The standard InChI is InChI=1S/C16H13F4N/c17-14-8-12(16(18,19)20)5-6-15(14)21-9-11-7-10-3-1-2-4-13(10)11/h1-6,8,11,21H,7,9H2. The third kappa shape index (κ3) is 2.73. The Morgan fingerprint density at radius 1 is 1.10 bits per heavy atom. The van der Waals surface area contributed by atoms with Crippen LogP contribution in [-0.4, -0.2) is 6.54 Å². The van der Waals surface area contributed by atoms with Crippen molar-refractivity contribution >= 4 is 5.69 Å². The smallest absolute Gasteiger partial charge is 0.382 e. The fraction of sp³-hybridized carbons (Fsp3) is 0.250. The minimum Gasteiger partial charge on any atom is -0.382 e. The summed E-state index contributed by atoms with van der Waals surface area (Å²) in [5.41, 5.74) is 1.63. The van der Waals surface area contributed by atoms with Crippen molar-refractivity contribution in [2.45, 2.75) is 18.5 Å². The Bertz CT molecular complexity index is 664. The molecule has 2 aromatic carbocycles. The molecule has 1 aliphatic rings. The number of alkyl halides is 3. The van der Waals surface area contributed by atoms with E-state index in [0.717, 1.165) is 18.6 Å². The molecule has 21 heavy (non-hydrogen) atoms.